The first-order valence-electron chi connectivity index (χ1n) is 6.92. The van der Waals surface area contributed by atoms with Crippen molar-refractivity contribution in [2.45, 2.75) is 19.9 Å². The van der Waals surface area contributed by atoms with Gasteiger partial charge in [-0.15, -0.1) is 0 Å². The summed E-state index contributed by atoms with van der Waals surface area (Å²) in [5.41, 5.74) is 2.18. The summed E-state index contributed by atoms with van der Waals surface area (Å²) in [4.78, 5) is 4.42. The van der Waals surface area contributed by atoms with Crippen LogP contribution in [0.15, 0.2) is 53.1 Å². The Balaban J connectivity index is 2.04. The molecule has 1 N–H and O–H groups in total. The summed E-state index contributed by atoms with van der Waals surface area (Å²) < 4.78 is 5.78. The molecular formula is C17H18N2O. The molecule has 0 saturated heterocycles. The number of fused-ring (bicyclic) bond motifs is 1. The monoisotopic (exact) mass is 266 g/mol. The Morgan fingerprint density at radius 3 is 2.85 bits per heavy atom. The number of aromatic nitrogens is 1. The van der Waals surface area contributed by atoms with Crippen LogP contribution in [-0.2, 0) is 0 Å². The summed E-state index contributed by atoms with van der Waals surface area (Å²) in [7, 11) is 0. The third-order valence-corrected chi connectivity index (χ3v) is 3.42. The largest absolute Gasteiger partial charge is 0.464 e. The minimum Gasteiger partial charge on any atom is -0.464 e. The number of pyridine rings is 1. The lowest BCUT2D eigenvalue weighted by molar-refractivity contribution is 0.435. The Kier molecular flexibility index (Phi) is 3.52. The molecular weight excluding hydrogens is 248 g/mol. The lowest BCUT2D eigenvalue weighted by atomic mass is 10.0. The zero-order chi connectivity index (χ0) is 13.9. The van der Waals surface area contributed by atoms with Gasteiger partial charge in [0.05, 0.1) is 11.6 Å². The van der Waals surface area contributed by atoms with Gasteiger partial charge in [-0.2, -0.15) is 0 Å². The molecule has 0 radical (unpaired) electrons. The molecule has 0 fully saturated rings. The molecule has 0 aliphatic heterocycles. The second-order valence-electron chi connectivity index (χ2n) is 4.89. The van der Waals surface area contributed by atoms with Gasteiger partial charge in [-0.1, -0.05) is 25.1 Å². The van der Waals surface area contributed by atoms with Gasteiger partial charge < -0.3 is 9.73 Å². The molecule has 0 saturated carbocycles. The van der Waals surface area contributed by atoms with Gasteiger partial charge in [-0.05, 0) is 43.3 Å². The molecule has 1 atom stereocenters. The van der Waals surface area contributed by atoms with E-state index in [1.54, 1.807) is 0 Å². The Labute approximate surface area is 118 Å². The molecule has 0 amide bonds. The third-order valence-electron chi connectivity index (χ3n) is 3.42. The SMILES string of the molecule is CCNC(c1ccc2cccnc2c1)c1ccc(C)o1. The van der Waals surface area contributed by atoms with Crippen molar-refractivity contribution in [3.05, 3.63) is 65.7 Å². The molecule has 20 heavy (non-hydrogen) atoms. The predicted octanol–water partition coefficient (Wildman–Crippen LogP) is 3.84. The van der Waals surface area contributed by atoms with Crippen LogP contribution in [0.3, 0.4) is 0 Å². The first-order valence-corrected chi connectivity index (χ1v) is 6.92. The molecule has 3 heteroatoms. The maximum atomic E-state index is 5.78. The van der Waals surface area contributed by atoms with Crippen LogP contribution in [0.5, 0.6) is 0 Å². The van der Waals surface area contributed by atoms with Crippen molar-refractivity contribution in [3.63, 3.8) is 0 Å². The molecule has 0 aliphatic carbocycles. The van der Waals surface area contributed by atoms with Gasteiger partial charge >= 0.3 is 0 Å². The topological polar surface area (TPSA) is 38.1 Å². The molecule has 2 heterocycles. The van der Waals surface area contributed by atoms with Crippen LogP contribution in [0, 0.1) is 6.92 Å². The van der Waals surface area contributed by atoms with E-state index in [4.69, 9.17) is 4.42 Å². The lowest BCUT2D eigenvalue weighted by Gasteiger charge is -2.16. The van der Waals surface area contributed by atoms with Crippen molar-refractivity contribution in [1.82, 2.24) is 10.3 Å². The van der Waals surface area contributed by atoms with Crippen LogP contribution in [0.2, 0.25) is 0 Å². The van der Waals surface area contributed by atoms with E-state index in [0.717, 1.165) is 29.0 Å². The summed E-state index contributed by atoms with van der Waals surface area (Å²) in [5.74, 6) is 1.88. The fourth-order valence-electron chi connectivity index (χ4n) is 2.46. The number of hydrogen-bond donors (Lipinski definition) is 1. The molecule has 2 aromatic heterocycles. The summed E-state index contributed by atoms with van der Waals surface area (Å²) in [6.07, 6.45) is 1.82. The van der Waals surface area contributed by atoms with Gasteiger partial charge in [0, 0.05) is 11.6 Å². The zero-order valence-electron chi connectivity index (χ0n) is 11.8. The van der Waals surface area contributed by atoms with E-state index < -0.39 is 0 Å². The molecule has 0 bridgehead atoms. The third kappa shape index (κ3) is 2.45. The molecule has 1 unspecified atom stereocenters. The Morgan fingerprint density at radius 2 is 2.10 bits per heavy atom. The van der Waals surface area contributed by atoms with Crippen molar-refractivity contribution in [1.29, 1.82) is 0 Å². The number of hydrogen-bond acceptors (Lipinski definition) is 3. The highest BCUT2D eigenvalue weighted by Crippen LogP contribution is 2.26. The minimum absolute atomic E-state index is 0.0695. The van der Waals surface area contributed by atoms with Gasteiger partial charge in [0.25, 0.3) is 0 Å². The average molecular weight is 266 g/mol. The van der Waals surface area contributed by atoms with Crippen molar-refractivity contribution in [2.24, 2.45) is 0 Å². The average Bonchev–Trinajstić information content (AvgIpc) is 2.90. The van der Waals surface area contributed by atoms with Gasteiger partial charge in [-0.3, -0.25) is 4.98 Å². The van der Waals surface area contributed by atoms with E-state index in [-0.39, 0.29) is 6.04 Å². The maximum absolute atomic E-state index is 5.78. The summed E-state index contributed by atoms with van der Waals surface area (Å²) in [5, 5.41) is 4.63. The fraction of sp³-hybridized carbons (Fsp3) is 0.235. The molecule has 1 aromatic carbocycles. The van der Waals surface area contributed by atoms with E-state index in [2.05, 4.69) is 41.5 Å². The smallest absolute Gasteiger partial charge is 0.125 e. The van der Waals surface area contributed by atoms with Crippen molar-refractivity contribution >= 4 is 10.9 Å². The Hall–Kier alpha value is -2.13. The second kappa shape index (κ2) is 5.47. The first-order chi connectivity index (χ1) is 9.78. The van der Waals surface area contributed by atoms with Crippen LogP contribution >= 0.6 is 0 Å². The van der Waals surface area contributed by atoms with E-state index in [1.807, 2.05) is 31.3 Å². The standard InChI is InChI=1S/C17H18N2O/c1-3-18-17(16-9-6-12(2)20-16)14-8-7-13-5-4-10-19-15(13)11-14/h4-11,17-18H,3H2,1-2H3. The number of nitrogens with zero attached hydrogens (tertiary/aromatic N) is 1. The predicted molar refractivity (Wildman–Crippen MR) is 80.7 cm³/mol. The first kappa shape index (κ1) is 12.9. The summed E-state index contributed by atoms with van der Waals surface area (Å²) in [6.45, 7) is 4.95. The highest BCUT2D eigenvalue weighted by atomic mass is 16.3. The Morgan fingerprint density at radius 1 is 1.20 bits per heavy atom. The maximum Gasteiger partial charge on any atom is 0.125 e. The number of benzene rings is 1. The van der Waals surface area contributed by atoms with Gasteiger partial charge in [-0.25, -0.2) is 0 Å². The number of nitrogens with one attached hydrogen (secondary N) is 1. The van der Waals surface area contributed by atoms with E-state index in [9.17, 15) is 0 Å². The normalized spacial score (nSPS) is 12.7. The molecule has 3 nitrogen and oxygen atoms in total. The summed E-state index contributed by atoms with van der Waals surface area (Å²) in [6, 6.07) is 14.5. The molecule has 0 aliphatic rings. The van der Waals surface area contributed by atoms with Crippen LogP contribution < -0.4 is 5.32 Å². The van der Waals surface area contributed by atoms with Crippen LogP contribution in [0.25, 0.3) is 10.9 Å². The van der Waals surface area contributed by atoms with Gasteiger partial charge in [0.2, 0.25) is 0 Å². The Bertz CT molecular complexity index is 718. The van der Waals surface area contributed by atoms with Crippen molar-refractivity contribution in [3.8, 4) is 0 Å². The highest BCUT2D eigenvalue weighted by molar-refractivity contribution is 5.79. The highest BCUT2D eigenvalue weighted by Gasteiger charge is 2.16. The minimum atomic E-state index is 0.0695. The number of aryl methyl sites for hydroxylation is 1. The quantitative estimate of drug-likeness (QED) is 0.779. The summed E-state index contributed by atoms with van der Waals surface area (Å²) >= 11 is 0. The fourth-order valence-corrected chi connectivity index (χ4v) is 2.46. The second-order valence-corrected chi connectivity index (χ2v) is 4.89. The van der Waals surface area contributed by atoms with Crippen LogP contribution in [0.4, 0.5) is 0 Å². The van der Waals surface area contributed by atoms with Gasteiger partial charge in [0.15, 0.2) is 0 Å². The van der Waals surface area contributed by atoms with Crippen molar-refractivity contribution in [2.75, 3.05) is 6.54 Å². The van der Waals surface area contributed by atoms with Crippen molar-refractivity contribution < 1.29 is 4.42 Å². The van der Waals surface area contributed by atoms with E-state index in [0.29, 0.717) is 0 Å². The van der Waals surface area contributed by atoms with E-state index in [1.165, 1.54) is 5.56 Å². The molecule has 3 rings (SSSR count). The number of rotatable bonds is 4. The lowest BCUT2D eigenvalue weighted by Crippen LogP contribution is -2.21. The molecule has 3 aromatic rings. The van der Waals surface area contributed by atoms with Crippen LogP contribution in [-0.4, -0.2) is 11.5 Å². The zero-order valence-corrected chi connectivity index (χ0v) is 11.8. The van der Waals surface area contributed by atoms with Crippen LogP contribution in [0.1, 0.15) is 30.0 Å². The number of furan rings is 1. The molecule has 0 spiro atoms. The molecule has 102 valence electrons. The van der Waals surface area contributed by atoms with E-state index >= 15 is 0 Å². The van der Waals surface area contributed by atoms with Gasteiger partial charge in [0.1, 0.15) is 11.5 Å².